The average Bonchev–Trinajstić information content (AvgIpc) is 3.19. The highest BCUT2D eigenvalue weighted by Gasteiger charge is 2.27. The third-order valence-corrected chi connectivity index (χ3v) is 3.93. The van der Waals surface area contributed by atoms with E-state index in [0.29, 0.717) is 11.6 Å². The minimum Gasteiger partial charge on any atom is -0.387 e. The Morgan fingerprint density at radius 3 is 3.05 bits per heavy atom. The Balaban J connectivity index is 1.60. The maximum Gasteiger partial charge on any atom is 0.270 e. The molecule has 1 aliphatic carbocycles. The fourth-order valence-electron chi connectivity index (χ4n) is 1.90. The molecular weight excluding hydrogens is 274 g/mol. The lowest BCUT2D eigenvalue weighted by Gasteiger charge is -2.10. The summed E-state index contributed by atoms with van der Waals surface area (Å²) in [5, 5.41) is 16.4. The van der Waals surface area contributed by atoms with Crippen LogP contribution in [0.15, 0.2) is 29.1 Å². The number of aromatic nitrogens is 2. The first-order valence-corrected chi connectivity index (χ1v) is 7.49. The van der Waals surface area contributed by atoms with Gasteiger partial charge in [-0.25, -0.2) is 9.97 Å². The Morgan fingerprint density at radius 1 is 1.50 bits per heavy atom. The molecule has 0 aromatic carbocycles. The molecule has 20 heavy (non-hydrogen) atoms. The lowest BCUT2D eigenvalue weighted by Crippen LogP contribution is -2.29. The molecule has 0 radical (unpaired) electrons. The van der Waals surface area contributed by atoms with E-state index < -0.39 is 6.10 Å². The van der Waals surface area contributed by atoms with Crippen LogP contribution in [0.3, 0.4) is 0 Å². The lowest BCUT2D eigenvalue weighted by atomic mass is 10.2. The van der Waals surface area contributed by atoms with Crippen LogP contribution in [0.5, 0.6) is 0 Å². The summed E-state index contributed by atoms with van der Waals surface area (Å²) in [6.07, 6.45) is 3.13. The number of rotatable bonds is 5. The Kier molecular flexibility index (Phi) is 3.75. The molecule has 104 valence electrons. The van der Waals surface area contributed by atoms with Gasteiger partial charge in [-0.3, -0.25) is 4.79 Å². The maximum absolute atomic E-state index is 12.0. The number of amides is 1. The largest absolute Gasteiger partial charge is 0.387 e. The van der Waals surface area contributed by atoms with Crippen molar-refractivity contribution in [2.75, 3.05) is 6.54 Å². The monoisotopic (exact) mass is 289 g/mol. The molecule has 2 N–H and O–H groups in total. The van der Waals surface area contributed by atoms with Crippen molar-refractivity contribution >= 4 is 17.2 Å². The molecule has 0 spiro atoms. The third-order valence-electron chi connectivity index (χ3n) is 3.23. The van der Waals surface area contributed by atoms with E-state index in [4.69, 9.17) is 0 Å². The summed E-state index contributed by atoms with van der Waals surface area (Å²) < 4.78 is 0. The molecule has 0 saturated heterocycles. The number of carbonyl (C=O) groups excluding carboxylic acids is 1. The fraction of sp³-hybridized carbons (Fsp3) is 0.357. The summed E-state index contributed by atoms with van der Waals surface area (Å²) in [5.74, 6) is 0.888. The minimum atomic E-state index is -0.685. The summed E-state index contributed by atoms with van der Waals surface area (Å²) in [6.45, 7) is 0.179. The zero-order valence-electron chi connectivity index (χ0n) is 10.8. The highest BCUT2D eigenvalue weighted by atomic mass is 32.1. The van der Waals surface area contributed by atoms with Crippen LogP contribution in [0, 0.1) is 0 Å². The number of hydrogen-bond donors (Lipinski definition) is 2. The van der Waals surface area contributed by atoms with Crippen LogP contribution in [-0.2, 0) is 0 Å². The second-order valence-corrected chi connectivity index (χ2v) is 5.64. The van der Waals surface area contributed by atoms with Crippen LogP contribution in [0.4, 0.5) is 0 Å². The van der Waals surface area contributed by atoms with Crippen molar-refractivity contribution in [1.82, 2.24) is 15.3 Å². The SMILES string of the molecule is O=C(NCC(O)c1ccsc1)c1ccnc(C2CC2)n1. The first-order valence-electron chi connectivity index (χ1n) is 6.55. The standard InChI is InChI=1S/C14H15N3O2S/c18-12(10-4-6-20-8-10)7-16-14(19)11-3-5-15-13(17-11)9-1-2-9/h3-6,8-9,12,18H,1-2,7H2,(H,16,19). The van der Waals surface area contributed by atoms with E-state index in [0.717, 1.165) is 24.2 Å². The quantitative estimate of drug-likeness (QED) is 0.881. The van der Waals surface area contributed by atoms with Crippen LogP contribution < -0.4 is 5.32 Å². The van der Waals surface area contributed by atoms with Crippen molar-refractivity contribution in [2.24, 2.45) is 0 Å². The van der Waals surface area contributed by atoms with Gasteiger partial charge in [-0.1, -0.05) is 0 Å². The number of aliphatic hydroxyl groups is 1. The van der Waals surface area contributed by atoms with Gasteiger partial charge in [0.1, 0.15) is 11.5 Å². The molecule has 1 amide bonds. The van der Waals surface area contributed by atoms with Crippen LogP contribution in [0.25, 0.3) is 0 Å². The summed E-state index contributed by atoms with van der Waals surface area (Å²) in [7, 11) is 0. The van der Waals surface area contributed by atoms with Crippen molar-refractivity contribution in [1.29, 1.82) is 0 Å². The zero-order chi connectivity index (χ0) is 13.9. The van der Waals surface area contributed by atoms with Crippen molar-refractivity contribution < 1.29 is 9.90 Å². The van der Waals surface area contributed by atoms with Crippen molar-refractivity contribution in [2.45, 2.75) is 24.9 Å². The Bertz CT molecular complexity index is 596. The molecule has 0 aliphatic heterocycles. The first kappa shape index (κ1) is 13.2. The number of nitrogens with one attached hydrogen (secondary N) is 1. The summed E-state index contributed by atoms with van der Waals surface area (Å²) in [4.78, 5) is 20.5. The van der Waals surface area contributed by atoms with Crippen LogP contribution in [-0.4, -0.2) is 27.5 Å². The lowest BCUT2D eigenvalue weighted by molar-refractivity contribution is 0.0911. The molecule has 0 bridgehead atoms. The number of thiophene rings is 1. The van der Waals surface area contributed by atoms with Crippen molar-refractivity contribution in [3.05, 3.63) is 46.2 Å². The van der Waals surface area contributed by atoms with E-state index in [1.54, 1.807) is 12.3 Å². The number of carbonyl (C=O) groups is 1. The molecular formula is C14H15N3O2S. The molecule has 6 heteroatoms. The normalized spacial score (nSPS) is 15.8. The Morgan fingerprint density at radius 2 is 2.35 bits per heavy atom. The summed E-state index contributed by atoms with van der Waals surface area (Å²) in [6, 6.07) is 3.44. The van der Waals surface area contributed by atoms with E-state index in [2.05, 4.69) is 15.3 Å². The molecule has 2 aromatic rings. The first-order chi connectivity index (χ1) is 9.74. The molecule has 1 fully saturated rings. The van der Waals surface area contributed by atoms with Gasteiger partial charge in [-0.05, 0) is 41.3 Å². The molecule has 1 aliphatic rings. The average molecular weight is 289 g/mol. The highest BCUT2D eigenvalue weighted by Crippen LogP contribution is 2.37. The van der Waals surface area contributed by atoms with Gasteiger partial charge in [0.05, 0.1) is 6.10 Å². The van der Waals surface area contributed by atoms with Crippen LogP contribution >= 0.6 is 11.3 Å². The second kappa shape index (κ2) is 5.68. The Hall–Kier alpha value is -1.79. The van der Waals surface area contributed by atoms with E-state index in [1.165, 1.54) is 11.3 Å². The number of aliphatic hydroxyl groups excluding tert-OH is 1. The van der Waals surface area contributed by atoms with Gasteiger partial charge in [0.25, 0.3) is 5.91 Å². The van der Waals surface area contributed by atoms with Crippen LogP contribution in [0.2, 0.25) is 0 Å². The summed E-state index contributed by atoms with van der Waals surface area (Å²) in [5.41, 5.74) is 1.18. The molecule has 1 atom stereocenters. The number of hydrogen-bond acceptors (Lipinski definition) is 5. The van der Waals surface area contributed by atoms with Gasteiger partial charge in [-0.15, -0.1) is 0 Å². The summed E-state index contributed by atoms with van der Waals surface area (Å²) >= 11 is 1.52. The molecule has 2 heterocycles. The highest BCUT2D eigenvalue weighted by molar-refractivity contribution is 7.07. The van der Waals surface area contributed by atoms with E-state index >= 15 is 0 Å². The van der Waals surface area contributed by atoms with Gasteiger partial charge >= 0.3 is 0 Å². The smallest absolute Gasteiger partial charge is 0.270 e. The molecule has 3 rings (SSSR count). The predicted molar refractivity (Wildman–Crippen MR) is 75.6 cm³/mol. The van der Waals surface area contributed by atoms with Crippen LogP contribution in [0.1, 0.15) is 46.7 Å². The van der Waals surface area contributed by atoms with Gasteiger partial charge in [0.15, 0.2) is 0 Å². The maximum atomic E-state index is 12.0. The molecule has 1 saturated carbocycles. The van der Waals surface area contributed by atoms with Gasteiger partial charge in [-0.2, -0.15) is 11.3 Å². The van der Waals surface area contributed by atoms with Gasteiger partial charge < -0.3 is 10.4 Å². The van der Waals surface area contributed by atoms with Crippen molar-refractivity contribution in [3.63, 3.8) is 0 Å². The molecule has 5 nitrogen and oxygen atoms in total. The second-order valence-electron chi connectivity index (χ2n) is 4.86. The van der Waals surface area contributed by atoms with E-state index in [-0.39, 0.29) is 12.5 Å². The van der Waals surface area contributed by atoms with E-state index in [9.17, 15) is 9.90 Å². The Labute approximate surface area is 120 Å². The van der Waals surface area contributed by atoms with Gasteiger partial charge in [0.2, 0.25) is 0 Å². The third kappa shape index (κ3) is 3.02. The zero-order valence-corrected chi connectivity index (χ0v) is 11.6. The topological polar surface area (TPSA) is 75.1 Å². The molecule has 2 aromatic heterocycles. The minimum absolute atomic E-state index is 0.179. The predicted octanol–water partition coefficient (Wildman–Crippen LogP) is 1.88. The van der Waals surface area contributed by atoms with Gasteiger partial charge in [0, 0.05) is 18.7 Å². The van der Waals surface area contributed by atoms with Crippen molar-refractivity contribution in [3.8, 4) is 0 Å². The fourth-order valence-corrected chi connectivity index (χ4v) is 2.61. The number of nitrogens with zero attached hydrogens (tertiary/aromatic N) is 2. The van der Waals surface area contributed by atoms with E-state index in [1.807, 2.05) is 16.8 Å². The molecule has 1 unspecified atom stereocenters.